The Kier molecular flexibility index (Phi) is 3.00. The highest BCUT2D eigenvalue weighted by molar-refractivity contribution is 5.87. The molecule has 0 unspecified atom stereocenters. The van der Waals surface area contributed by atoms with Crippen LogP contribution in [-0.2, 0) is 9.59 Å². The van der Waals surface area contributed by atoms with Crippen LogP contribution in [0.1, 0.15) is 13.8 Å². The highest BCUT2D eigenvalue weighted by Crippen LogP contribution is 1.94. The molecule has 0 aliphatic carbocycles. The average Bonchev–Trinajstić information content (AvgIpc) is 1.80. The van der Waals surface area contributed by atoms with E-state index in [9.17, 15) is 9.59 Å². The van der Waals surface area contributed by atoms with Crippen molar-refractivity contribution in [3.63, 3.8) is 0 Å². The molecule has 0 aromatic carbocycles. The van der Waals surface area contributed by atoms with Crippen LogP contribution < -0.4 is 11.1 Å². The molecule has 0 atom stereocenters. The number of hydrogen-bond donors (Lipinski definition) is 3. The SMILES string of the molecule is CC(C)(N)C(=O)NCC(=O)O. The number of carbonyl (C=O) groups excluding carboxylic acids is 1. The predicted octanol–water partition coefficient (Wildman–Crippen LogP) is -1.08. The van der Waals surface area contributed by atoms with Gasteiger partial charge in [-0.2, -0.15) is 0 Å². The van der Waals surface area contributed by atoms with Gasteiger partial charge in [0.1, 0.15) is 6.54 Å². The summed E-state index contributed by atoms with van der Waals surface area (Å²) in [7, 11) is 0. The molecule has 4 N–H and O–H groups in total. The molecule has 0 spiro atoms. The van der Waals surface area contributed by atoms with Gasteiger partial charge < -0.3 is 16.2 Å². The molecule has 0 aromatic heterocycles. The number of nitrogens with two attached hydrogens (primary N) is 1. The predicted molar refractivity (Wildman–Crippen MR) is 38.9 cm³/mol. The zero-order valence-electron chi connectivity index (χ0n) is 6.55. The van der Waals surface area contributed by atoms with Gasteiger partial charge in [-0.3, -0.25) is 9.59 Å². The maximum Gasteiger partial charge on any atom is 0.322 e. The molecule has 11 heavy (non-hydrogen) atoms. The van der Waals surface area contributed by atoms with E-state index >= 15 is 0 Å². The maximum atomic E-state index is 10.9. The van der Waals surface area contributed by atoms with Crippen molar-refractivity contribution in [3.05, 3.63) is 0 Å². The van der Waals surface area contributed by atoms with E-state index in [1.165, 1.54) is 13.8 Å². The summed E-state index contributed by atoms with van der Waals surface area (Å²) in [5, 5.41) is 10.3. The summed E-state index contributed by atoms with van der Waals surface area (Å²) in [6.45, 7) is 2.62. The first-order chi connectivity index (χ1) is 4.84. The summed E-state index contributed by atoms with van der Waals surface area (Å²) < 4.78 is 0. The van der Waals surface area contributed by atoms with Crippen LogP contribution in [0.4, 0.5) is 0 Å². The number of amides is 1. The van der Waals surface area contributed by atoms with Gasteiger partial charge in [0.2, 0.25) is 5.91 Å². The second kappa shape index (κ2) is 3.34. The number of rotatable bonds is 3. The summed E-state index contributed by atoms with van der Waals surface area (Å²) in [4.78, 5) is 20.8. The molecular formula is C6H12N2O3. The fraction of sp³-hybridized carbons (Fsp3) is 0.667. The summed E-state index contributed by atoms with van der Waals surface area (Å²) in [5.41, 5.74) is 4.34. The van der Waals surface area contributed by atoms with E-state index in [2.05, 4.69) is 5.32 Å². The van der Waals surface area contributed by atoms with Crippen LogP contribution in [-0.4, -0.2) is 29.1 Å². The Morgan fingerprint density at radius 2 is 2.00 bits per heavy atom. The van der Waals surface area contributed by atoms with Crippen LogP contribution in [0.5, 0.6) is 0 Å². The molecule has 0 aliphatic heterocycles. The number of carboxylic acid groups (broad SMARTS) is 1. The van der Waals surface area contributed by atoms with Gasteiger partial charge in [-0.05, 0) is 13.8 Å². The molecule has 0 radical (unpaired) electrons. The minimum Gasteiger partial charge on any atom is -0.480 e. The van der Waals surface area contributed by atoms with Crippen molar-refractivity contribution in [1.82, 2.24) is 5.32 Å². The maximum absolute atomic E-state index is 10.9. The van der Waals surface area contributed by atoms with Crippen molar-refractivity contribution in [1.29, 1.82) is 0 Å². The third kappa shape index (κ3) is 4.32. The van der Waals surface area contributed by atoms with E-state index in [0.717, 1.165) is 0 Å². The number of hydrogen-bond acceptors (Lipinski definition) is 3. The molecular weight excluding hydrogens is 148 g/mol. The van der Waals surface area contributed by atoms with Crippen LogP contribution >= 0.6 is 0 Å². The van der Waals surface area contributed by atoms with E-state index < -0.39 is 17.4 Å². The minimum atomic E-state index is -1.08. The minimum absolute atomic E-state index is 0.389. The lowest BCUT2D eigenvalue weighted by Gasteiger charge is -2.16. The fourth-order valence-corrected chi connectivity index (χ4v) is 0.384. The second-order valence-electron chi connectivity index (χ2n) is 2.80. The van der Waals surface area contributed by atoms with Gasteiger partial charge in [-0.1, -0.05) is 0 Å². The molecule has 0 saturated heterocycles. The molecule has 0 bridgehead atoms. The van der Waals surface area contributed by atoms with E-state index in [0.29, 0.717) is 0 Å². The van der Waals surface area contributed by atoms with Crippen LogP contribution in [0, 0.1) is 0 Å². The topological polar surface area (TPSA) is 92.4 Å². The van der Waals surface area contributed by atoms with Gasteiger partial charge in [0.15, 0.2) is 0 Å². The fourth-order valence-electron chi connectivity index (χ4n) is 0.384. The monoisotopic (exact) mass is 160 g/mol. The first kappa shape index (κ1) is 9.90. The molecule has 5 nitrogen and oxygen atoms in total. The zero-order chi connectivity index (χ0) is 9.07. The van der Waals surface area contributed by atoms with E-state index in [1.54, 1.807) is 0 Å². The lowest BCUT2D eigenvalue weighted by atomic mass is 10.1. The van der Waals surface area contributed by atoms with E-state index in [-0.39, 0.29) is 6.54 Å². The molecule has 0 saturated carbocycles. The van der Waals surface area contributed by atoms with Crippen molar-refractivity contribution in [3.8, 4) is 0 Å². The molecule has 1 amide bonds. The Bertz CT molecular complexity index is 171. The van der Waals surface area contributed by atoms with Crippen LogP contribution in [0.25, 0.3) is 0 Å². The van der Waals surface area contributed by atoms with Crippen molar-refractivity contribution >= 4 is 11.9 Å². The quantitative estimate of drug-likeness (QED) is 0.490. The first-order valence-corrected chi connectivity index (χ1v) is 3.13. The molecule has 0 heterocycles. The second-order valence-corrected chi connectivity index (χ2v) is 2.80. The van der Waals surface area contributed by atoms with Gasteiger partial charge in [0, 0.05) is 0 Å². The van der Waals surface area contributed by atoms with Crippen molar-refractivity contribution in [2.45, 2.75) is 19.4 Å². The van der Waals surface area contributed by atoms with Crippen LogP contribution in [0.3, 0.4) is 0 Å². The molecule has 0 rings (SSSR count). The molecule has 5 heteroatoms. The first-order valence-electron chi connectivity index (χ1n) is 3.13. The Hall–Kier alpha value is -1.10. The highest BCUT2D eigenvalue weighted by atomic mass is 16.4. The Morgan fingerprint density at radius 1 is 1.55 bits per heavy atom. The molecule has 64 valence electrons. The van der Waals surface area contributed by atoms with Crippen molar-refractivity contribution < 1.29 is 14.7 Å². The van der Waals surface area contributed by atoms with Gasteiger partial charge in [0.25, 0.3) is 0 Å². The summed E-state index contributed by atoms with van der Waals surface area (Å²) >= 11 is 0. The third-order valence-corrected chi connectivity index (χ3v) is 0.985. The van der Waals surface area contributed by atoms with Gasteiger partial charge in [0.05, 0.1) is 5.54 Å². The number of carbonyl (C=O) groups is 2. The van der Waals surface area contributed by atoms with Gasteiger partial charge in [-0.25, -0.2) is 0 Å². The molecule has 0 aromatic rings. The Labute approximate surface area is 64.6 Å². The number of carboxylic acids is 1. The molecule has 0 aliphatic rings. The standard InChI is InChI=1S/C6H12N2O3/c1-6(2,7)5(11)8-3-4(9)10/h3,7H2,1-2H3,(H,8,11)(H,9,10). The van der Waals surface area contributed by atoms with Crippen LogP contribution in [0.15, 0.2) is 0 Å². The summed E-state index contributed by atoms with van der Waals surface area (Å²) in [6.07, 6.45) is 0. The third-order valence-electron chi connectivity index (χ3n) is 0.985. The Balaban J connectivity index is 3.80. The smallest absolute Gasteiger partial charge is 0.322 e. The number of nitrogens with one attached hydrogen (secondary N) is 1. The lowest BCUT2D eigenvalue weighted by molar-refractivity contribution is -0.138. The normalized spacial score (nSPS) is 10.8. The average molecular weight is 160 g/mol. The van der Waals surface area contributed by atoms with Gasteiger partial charge >= 0.3 is 5.97 Å². The summed E-state index contributed by atoms with van der Waals surface area (Å²) in [6, 6.07) is 0. The van der Waals surface area contributed by atoms with Gasteiger partial charge in [-0.15, -0.1) is 0 Å². The lowest BCUT2D eigenvalue weighted by Crippen LogP contribution is -2.50. The van der Waals surface area contributed by atoms with Crippen LogP contribution in [0.2, 0.25) is 0 Å². The van der Waals surface area contributed by atoms with Crippen molar-refractivity contribution in [2.24, 2.45) is 5.73 Å². The van der Waals surface area contributed by atoms with Crippen molar-refractivity contribution in [2.75, 3.05) is 6.54 Å². The largest absolute Gasteiger partial charge is 0.480 e. The van der Waals surface area contributed by atoms with E-state index in [1.807, 2.05) is 0 Å². The summed E-state index contributed by atoms with van der Waals surface area (Å²) in [5.74, 6) is -1.55. The Morgan fingerprint density at radius 3 is 2.27 bits per heavy atom. The van der Waals surface area contributed by atoms with E-state index in [4.69, 9.17) is 10.8 Å². The molecule has 0 fully saturated rings. The number of aliphatic carboxylic acids is 1. The zero-order valence-corrected chi connectivity index (χ0v) is 6.55. The highest BCUT2D eigenvalue weighted by Gasteiger charge is 2.21.